The molecule has 1 N–H and O–H groups in total. The zero-order valence-electron chi connectivity index (χ0n) is 12.7. The van der Waals surface area contributed by atoms with E-state index in [-0.39, 0.29) is 6.61 Å². The zero-order valence-corrected chi connectivity index (χ0v) is 12.7. The Labute approximate surface area is 124 Å². The van der Waals surface area contributed by atoms with Crippen LogP contribution in [0.3, 0.4) is 0 Å². The van der Waals surface area contributed by atoms with Crippen molar-refractivity contribution in [2.24, 2.45) is 0 Å². The summed E-state index contributed by atoms with van der Waals surface area (Å²) in [6.45, 7) is 1.95. The number of esters is 1. The van der Waals surface area contributed by atoms with Crippen molar-refractivity contribution in [1.29, 1.82) is 0 Å². The topological polar surface area (TPSA) is 65.0 Å². The number of benzene rings is 1. The Morgan fingerprint density at radius 3 is 2.57 bits per heavy atom. The Morgan fingerprint density at radius 2 is 2.05 bits per heavy atom. The molecule has 0 aromatic heterocycles. The molecule has 0 bridgehead atoms. The molecular formula is C16H20O5. The monoisotopic (exact) mass is 292 g/mol. The molecule has 0 saturated carbocycles. The number of carbonyl (C=O) groups excluding carboxylic acids is 1. The summed E-state index contributed by atoms with van der Waals surface area (Å²) >= 11 is 0. The van der Waals surface area contributed by atoms with E-state index in [1.54, 1.807) is 18.2 Å². The summed E-state index contributed by atoms with van der Waals surface area (Å²) < 4.78 is 14.8. The Morgan fingerprint density at radius 1 is 1.33 bits per heavy atom. The molecule has 0 aliphatic rings. The van der Waals surface area contributed by atoms with Crippen LogP contribution in [0.5, 0.6) is 5.75 Å². The van der Waals surface area contributed by atoms with E-state index in [2.05, 4.69) is 16.6 Å². The lowest BCUT2D eigenvalue weighted by Crippen LogP contribution is -2.31. The van der Waals surface area contributed by atoms with Crippen LogP contribution in [0.4, 0.5) is 0 Å². The largest absolute Gasteiger partial charge is 0.495 e. The van der Waals surface area contributed by atoms with Gasteiger partial charge in [-0.1, -0.05) is 18.8 Å². The standard InChI is InChI=1S/C16H20O5/c1-5-16(18,11-19-2)9-8-12-6-7-13(15(17)21-4)10-14(12)20-3/h6-7,10,18H,5,11H2,1-4H3/t16-/m0/s1. The fourth-order valence-corrected chi connectivity index (χ4v) is 1.69. The van der Waals surface area contributed by atoms with E-state index in [0.717, 1.165) is 0 Å². The van der Waals surface area contributed by atoms with Crippen LogP contribution >= 0.6 is 0 Å². The smallest absolute Gasteiger partial charge is 0.337 e. The molecule has 5 nitrogen and oxygen atoms in total. The minimum absolute atomic E-state index is 0.124. The number of hydrogen-bond acceptors (Lipinski definition) is 5. The van der Waals surface area contributed by atoms with E-state index in [4.69, 9.17) is 9.47 Å². The van der Waals surface area contributed by atoms with Gasteiger partial charge < -0.3 is 19.3 Å². The predicted molar refractivity (Wildman–Crippen MR) is 78.3 cm³/mol. The summed E-state index contributed by atoms with van der Waals surface area (Å²) in [4.78, 5) is 11.5. The summed E-state index contributed by atoms with van der Waals surface area (Å²) in [6, 6.07) is 4.80. The maximum Gasteiger partial charge on any atom is 0.337 e. The van der Waals surface area contributed by atoms with Crippen molar-refractivity contribution in [1.82, 2.24) is 0 Å². The van der Waals surface area contributed by atoms with Crippen LogP contribution in [0.1, 0.15) is 29.3 Å². The van der Waals surface area contributed by atoms with Crippen molar-refractivity contribution in [3.05, 3.63) is 29.3 Å². The first-order chi connectivity index (χ1) is 9.99. The molecule has 0 heterocycles. The third-order valence-corrected chi connectivity index (χ3v) is 3.02. The van der Waals surface area contributed by atoms with Crippen LogP contribution < -0.4 is 4.74 Å². The summed E-state index contributed by atoms with van der Waals surface area (Å²) in [6.07, 6.45) is 0.441. The van der Waals surface area contributed by atoms with E-state index in [9.17, 15) is 9.90 Å². The van der Waals surface area contributed by atoms with Gasteiger partial charge in [-0.05, 0) is 24.6 Å². The van der Waals surface area contributed by atoms with Crippen LogP contribution in [0.15, 0.2) is 18.2 Å². The zero-order chi connectivity index (χ0) is 15.9. The highest BCUT2D eigenvalue weighted by Crippen LogP contribution is 2.20. The van der Waals surface area contributed by atoms with Crippen molar-refractivity contribution in [2.45, 2.75) is 18.9 Å². The average molecular weight is 292 g/mol. The fraction of sp³-hybridized carbons (Fsp3) is 0.438. The van der Waals surface area contributed by atoms with Crippen molar-refractivity contribution in [3.8, 4) is 17.6 Å². The first kappa shape index (κ1) is 17.0. The lowest BCUT2D eigenvalue weighted by atomic mass is 10.0. The van der Waals surface area contributed by atoms with Crippen molar-refractivity contribution >= 4 is 5.97 Å². The molecule has 0 saturated heterocycles. The van der Waals surface area contributed by atoms with Gasteiger partial charge in [0.2, 0.25) is 0 Å². The molecule has 21 heavy (non-hydrogen) atoms. The molecule has 5 heteroatoms. The lowest BCUT2D eigenvalue weighted by Gasteiger charge is -2.18. The van der Waals surface area contributed by atoms with E-state index in [0.29, 0.717) is 23.3 Å². The molecule has 0 amide bonds. The number of ether oxygens (including phenoxy) is 3. The molecule has 0 aliphatic carbocycles. The molecular weight excluding hydrogens is 272 g/mol. The highest BCUT2D eigenvalue weighted by molar-refractivity contribution is 5.90. The summed E-state index contributed by atoms with van der Waals surface area (Å²) in [5.41, 5.74) is -0.253. The highest BCUT2D eigenvalue weighted by Gasteiger charge is 2.21. The number of aliphatic hydroxyl groups is 1. The Hall–Kier alpha value is -2.03. The van der Waals surface area contributed by atoms with Crippen molar-refractivity contribution in [3.63, 3.8) is 0 Å². The Balaban J connectivity index is 3.12. The quantitative estimate of drug-likeness (QED) is 0.660. The molecule has 1 atom stereocenters. The molecule has 0 radical (unpaired) electrons. The van der Waals surface area contributed by atoms with Gasteiger partial charge in [0.1, 0.15) is 11.4 Å². The predicted octanol–water partition coefficient (Wildman–Crippen LogP) is 1.62. The lowest BCUT2D eigenvalue weighted by molar-refractivity contribution is 0.0111. The van der Waals surface area contributed by atoms with Gasteiger partial charge in [-0.15, -0.1) is 0 Å². The third-order valence-electron chi connectivity index (χ3n) is 3.02. The van der Waals surface area contributed by atoms with Gasteiger partial charge in [0, 0.05) is 7.11 Å². The van der Waals surface area contributed by atoms with Crippen LogP contribution in [0.2, 0.25) is 0 Å². The van der Waals surface area contributed by atoms with Crippen LogP contribution in [-0.2, 0) is 9.47 Å². The van der Waals surface area contributed by atoms with Gasteiger partial charge >= 0.3 is 5.97 Å². The second kappa shape index (κ2) is 7.67. The van der Waals surface area contributed by atoms with Gasteiger partial charge in [0.05, 0.1) is 32.0 Å². The summed E-state index contributed by atoms with van der Waals surface area (Å²) in [7, 11) is 4.31. The molecule has 0 spiro atoms. The van der Waals surface area contributed by atoms with Gasteiger partial charge in [0.25, 0.3) is 0 Å². The second-order valence-corrected chi connectivity index (χ2v) is 4.47. The Kier molecular flexibility index (Phi) is 6.22. The van der Waals surface area contributed by atoms with E-state index in [1.807, 2.05) is 6.92 Å². The van der Waals surface area contributed by atoms with E-state index in [1.165, 1.54) is 21.3 Å². The third kappa shape index (κ3) is 4.48. The molecule has 1 rings (SSSR count). The van der Waals surface area contributed by atoms with Crippen LogP contribution in [0.25, 0.3) is 0 Å². The molecule has 1 aromatic rings. The summed E-state index contributed by atoms with van der Waals surface area (Å²) in [5, 5.41) is 10.2. The normalized spacial score (nSPS) is 12.8. The van der Waals surface area contributed by atoms with Crippen LogP contribution in [0, 0.1) is 11.8 Å². The number of hydrogen-bond donors (Lipinski definition) is 1. The minimum atomic E-state index is -1.21. The average Bonchev–Trinajstić information content (AvgIpc) is 2.52. The molecule has 114 valence electrons. The van der Waals surface area contributed by atoms with E-state index < -0.39 is 11.6 Å². The molecule has 0 unspecified atom stereocenters. The first-order valence-corrected chi connectivity index (χ1v) is 6.50. The maximum absolute atomic E-state index is 11.5. The number of methoxy groups -OCH3 is 3. The molecule has 0 fully saturated rings. The number of carbonyl (C=O) groups is 1. The molecule has 1 aromatic carbocycles. The van der Waals surface area contributed by atoms with E-state index >= 15 is 0 Å². The van der Waals surface area contributed by atoms with Gasteiger partial charge in [-0.3, -0.25) is 0 Å². The Bertz CT molecular complexity index is 556. The summed E-state index contributed by atoms with van der Waals surface area (Å²) in [5.74, 6) is 5.65. The van der Waals surface area contributed by atoms with Crippen LogP contribution in [-0.4, -0.2) is 44.6 Å². The number of rotatable bonds is 5. The maximum atomic E-state index is 11.5. The fourth-order valence-electron chi connectivity index (χ4n) is 1.69. The molecule has 0 aliphatic heterocycles. The van der Waals surface area contributed by atoms with Gasteiger partial charge in [-0.2, -0.15) is 0 Å². The van der Waals surface area contributed by atoms with Gasteiger partial charge in [0.15, 0.2) is 0 Å². The van der Waals surface area contributed by atoms with Crippen molar-refractivity contribution < 1.29 is 24.1 Å². The minimum Gasteiger partial charge on any atom is -0.495 e. The van der Waals surface area contributed by atoms with Crippen molar-refractivity contribution in [2.75, 3.05) is 27.9 Å². The highest BCUT2D eigenvalue weighted by atomic mass is 16.5. The second-order valence-electron chi connectivity index (χ2n) is 4.47. The SMILES string of the molecule is CC[C@](O)(C#Cc1ccc(C(=O)OC)cc1OC)COC. The van der Waals surface area contributed by atoms with Gasteiger partial charge in [-0.25, -0.2) is 4.79 Å². The first-order valence-electron chi connectivity index (χ1n) is 6.50.